The number of piperidine rings is 2. The summed E-state index contributed by atoms with van der Waals surface area (Å²) in [6.45, 7) is 32.7. The lowest BCUT2D eigenvalue weighted by Gasteiger charge is -2.37. The van der Waals surface area contributed by atoms with Gasteiger partial charge in [0, 0.05) is 123 Å². The third-order valence-corrected chi connectivity index (χ3v) is 18.8. The monoisotopic (exact) mass is 1380 g/mol. The van der Waals surface area contributed by atoms with Gasteiger partial charge >= 0.3 is 24.1 Å². The minimum Gasteiger partial charge on any atom is -0.469 e. The van der Waals surface area contributed by atoms with Crippen LogP contribution in [-0.2, 0) is 51.5 Å². The van der Waals surface area contributed by atoms with Crippen molar-refractivity contribution in [2.75, 3.05) is 58.9 Å². The number of carbonyl (C=O) groups is 4. The van der Waals surface area contributed by atoms with Crippen LogP contribution in [0.5, 0.6) is 0 Å². The van der Waals surface area contributed by atoms with Crippen LogP contribution in [0.25, 0.3) is 44.3 Å². The first-order chi connectivity index (χ1) is 40.6. The second kappa shape index (κ2) is 30.4. The maximum atomic E-state index is 12.9. The Morgan fingerprint density at radius 1 is 0.655 bits per heavy atom. The Balaban J connectivity index is 0.000000232. The Labute approximate surface area is 536 Å². The van der Waals surface area contributed by atoms with E-state index in [0.29, 0.717) is 51.9 Å². The summed E-state index contributed by atoms with van der Waals surface area (Å²) in [5, 5.41) is 5.82. The Hall–Kier alpha value is -5.48. The fourth-order valence-corrected chi connectivity index (χ4v) is 12.2. The highest BCUT2D eigenvalue weighted by Gasteiger charge is 2.38. The fourth-order valence-electron chi connectivity index (χ4n) is 9.83. The number of carbonyl (C=O) groups excluding carboxylic acids is 4. The first-order valence-corrected chi connectivity index (χ1v) is 38.7. The molecule has 0 aliphatic carbocycles. The molecular weight excluding hydrogens is 1300 g/mol. The van der Waals surface area contributed by atoms with Crippen LogP contribution >= 0.6 is 43.5 Å². The number of halogens is 3. The van der Waals surface area contributed by atoms with E-state index < -0.39 is 45.5 Å². The predicted molar refractivity (Wildman–Crippen MR) is 355 cm³/mol. The quantitative estimate of drug-likeness (QED) is 0.0302. The van der Waals surface area contributed by atoms with Crippen molar-refractivity contribution in [2.45, 2.75) is 156 Å². The summed E-state index contributed by atoms with van der Waals surface area (Å²) in [6.07, 6.45) is 7.84. The van der Waals surface area contributed by atoms with Crippen molar-refractivity contribution in [3.8, 4) is 22.5 Å². The maximum Gasteiger partial charge on any atom is 0.410 e. The van der Waals surface area contributed by atoms with E-state index in [0.717, 1.165) is 89.7 Å². The van der Waals surface area contributed by atoms with Gasteiger partial charge in [-0.2, -0.15) is 0 Å². The molecule has 2 aromatic carbocycles. The van der Waals surface area contributed by atoms with Gasteiger partial charge in [0.1, 0.15) is 24.7 Å². The molecule has 4 atom stereocenters. The molecule has 8 rings (SSSR count). The molecule has 2 aliphatic heterocycles. The second-order valence-corrected chi connectivity index (χ2v) is 40.1. The van der Waals surface area contributed by atoms with E-state index in [1.54, 1.807) is 38.1 Å². The number of fused-ring (bicyclic) bond motifs is 2. The average Bonchev–Trinajstić information content (AvgIpc) is 1.91. The molecule has 3 N–H and O–H groups in total. The number of amides is 2. The van der Waals surface area contributed by atoms with E-state index in [4.69, 9.17) is 50.7 Å². The van der Waals surface area contributed by atoms with E-state index in [-0.39, 0.29) is 41.8 Å². The smallest absolute Gasteiger partial charge is 0.410 e. The Morgan fingerprint density at radius 2 is 1.09 bits per heavy atom. The second-order valence-electron chi connectivity index (χ2n) is 26.7. The van der Waals surface area contributed by atoms with Gasteiger partial charge in [-0.25, -0.2) is 29.5 Å². The molecule has 0 bridgehead atoms. The fraction of sp³-hybridized carbons (Fsp3) is 0.548. The molecular formula is C62H89Br2ClN10O10Si2. The van der Waals surface area contributed by atoms with Gasteiger partial charge in [0.25, 0.3) is 0 Å². The van der Waals surface area contributed by atoms with Crippen molar-refractivity contribution in [1.29, 1.82) is 0 Å². The lowest BCUT2D eigenvalue weighted by molar-refractivity contribution is -0.148. The molecule has 0 unspecified atom stereocenters. The number of hydrogen-bond donors (Lipinski definition) is 2. The van der Waals surface area contributed by atoms with Crippen molar-refractivity contribution in [1.82, 2.24) is 38.9 Å². The number of likely N-dealkylation sites (tertiary alicyclic amines) is 2. The van der Waals surface area contributed by atoms with Crippen LogP contribution in [0.3, 0.4) is 0 Å². The number of aromatic nitrogens is 6. The van der Waals surface area contributed by atoms with Gasteiger partial charge in [0.2, 0.25) is 11.2 Å². The Bertz CT molecular complexity index is 3360. The van der Waals surface area contributed by atoms with Crippen molar-refractivity contribution in [3.63, 3.8) is 0 Å². The van der Waals surface area contributed by atoms with Crippen molar-refractivity contribution < 1.29 is 47.6 Å². The van der Waals surface area contributed by atoms with Gasteiger partial charge in [-0.1, -0.05) is 83.3 Å². The van der Waals surface area contributed by atoms with E-state index in [1.165, 1.54) is 19.1 Å². The molecule has 0 spiro atoms. The van der Waals surface area contributed by atoms with E-state index in [2.05, 4.69) is 137 Å². The average molecular weight is 1390 g/mol. The van der Waals surface area contributed by atoms with Crippen molar-refractivity contribution in [2.24, 2.45) is 17.6 Å². The number of nitrogens with one attached hydrogen (secondary N) is 1. The molecule has 0 saturated carbocycles. The van der Waals surface area contributed by atoms with Crippen LogP contribution in [0.15, 0.2) is 70.1 Å². The standard InChI is InChI=1S/C31H44BrN5O5Si.C19H23BrClN3OSi.C12H22N2O4/c1-20-15-33-29(34-23-13-21(28(38)40-5)16-36(17-23)30(39)42-31(2,3)4)35-27(20)25-18-37(19-41-11-12-43(6,7)8)26-14-22(32)9-10-24(25)26;1-13-10-22-19(21)23-18(13)16-11-24(12-25-7-8-26(2,3)4)17-9-14(20)5-6-15(16)17;1-12(2,3)18-11(16)14-6-8(10(15)17-4)5-9(13)7-14/h9-10,14-15,18,21,23H,11-13,16-17,19H2,1-8H3,(H,33,34,35);5-6,9-11H,7-8,12H2,1-4H3;8-9H,5-7,13H2,1-4H3/t21-,23+;;8-,9+/m1.1/s1. The van der Waals surface area contributed by atoms with Crippen LogP contribution in [0.1, 0.15) is 65.5 Å². The molecule has 25 heteroatoms. The minimum absolute atomic E-state index is 0.227. The maximum absolute atomic E-state index is 12.9. The molecule has 6 heterocycles. The summed E-state index contributed by atoms with van der Waals surface area (Å²) < 4.78 is 38.9. The summed E-state index contributed by atoms with van der Waals surface area (Å²) in [6, 6.07) is 14.2. The number of aryl methyl sites for hydroxylation is 2. The Kier molecular flexibility index (Phi) is 24.6. The summed E-state index contributed by atoms with van der Waals surface area (Å²) in [7, 11) is 0.409. The summed E-state index contributed by atoms with van der Waals surface area (Å²) >= 11 is 13.2. The first-order valence-electron chi connectivity index (χ1n) is 29.3. The highest BCUT2D eigenvalue weighted by atomic mass is 79.9. The molecule has 4 aromatic heterocycles. The topological polar surface area (TPSA) is 230 Å². The van der Waals surface area contributed by atoms with Crippen LogP contribution in [0.2, 0.25) is 56.7 Å². The van der Waals surface area contributed by atoms with Gasteiger partial charge in [-0.15, -0.1) is 0 Å². The number of rotatable bonds is 16. The molecule has 2 saturated heterocycles. The number of methoxy groups -OCH3 is 2. The highest BCUT2D eigenvalue weighted by Crippen LogP contribution is 2.36. The molecule has 2 amide bonds. The lowest BCUT2D eigenvalue weighted by Crippen LogP contribution is -2.52. The van der Waals surface area contributed by atoms with Gasteiger partial charge in [-0.3, -0.25) is 9.59 Å². The van der Waals surface area contributed by atoms with E-state index in [9.17, 15) is 19.2 Å². The number of hydrogen-bond acceptors (Lipinski definition) is 16. The molecule has 0 radical (unpaired) electrons. The molecule has 20 nitrogen and oxygen atoms in total. The minimum atomic E-state index is -1.19. The number of ether oxygens (including phenoxy) is 6. The Morgan fingerprint density at radius 3 is 1.54 bits per heavy atom. The highest BCUT2D eigenvalue weighted by molar-refractivity contribution is 9.10. The number of esters is 2. The largest absolute Gasteiger partial charge is 0.469 e. The molecule has 87 heavy (non-hydrogen) atoms. The molecule has 476 valence electrons. The third-order valence-electron chi connectivity index (χ3n) is 14.2. The summed E-state index contributed by atoms with van der Waals surface area (Å²) in [4.78, 5) is 69.9. The normalized spacial score (nSPS) is 17.4. The predicted octanol–water partition coefficient (Wildman–Crippen LogP) is 13.6. The molecule has 6 aromatic rings. The number of benzene rings is 2. The van der Waals surface area contributed by atoms with Crippen molar-refractivity contribution in [3.05, 3.63) is 86.5 Å². The zero-order valence-corrected chi connectivity index (χ0v) is 59.4. The SMILES string of the molecule is COC(=O)[C@@H]1C[C@H](N)CN(C(=O)OC(C)(C)C)C1.COC(=O)[C@@H]1C[C@H](Nc2ncc(C)c(-c3cn(COCC[Si](C)(C)C)c4cc(Br)ccc34)n2)CN(C(=O)OC(C)(C)C)C1.Cc1cnc(Cl)nc1-c1cn(COCC[Si](C)(C)C)c2cc(Br)ccc12. The summed E-state index contributed by atoms with van der Waals surface area (Å²) in [5.74, 6) is -1.14. The number of nitrogens with two attached hydrogens (primary N) is 1. The van der Waals surface area contributed by atoms with Crippen LogP contribution in [0.4, 0.5) is 15.5 Å². The van der Waals surface area contributed by atoms with E-state index in [1.807, 2.05) is 46.8 Å². The van der Waals surface area contributed by atoms with Gasteiger partial charge in [0.15, 0.2) is 0 Å². The zero-order valence-electron chi connectivity index (χ0n) is 53.4. The molecule has 2 aliphatic rings. The van der Waals surface area contributed by atoms with Crippen molar-refractivity contribution >= 4 is 111 Å². The first kappa shape index (κ1) is 70.6. The third kappa shape index (κ3) is 21.3. The summed E-state index contributed by atoms with van der Waals surface area (Å²) in [5.41, 5.74) is 12.4. The van der Waals surface area contributed by atoms with E-state index >= 15 is 0 Å². The van der Waals surface area contributed by atoms with Crippen LogP contribution < -0.4 is 11.1 Å². The van der Waals surface area contributed by atoms with Crippen LogP contribution in [-0.4, -0.2) is 156 Å². The lowest BCUT2D eigenvalue weighted by atomic mass is 9.94. The zero-order chi connectivity index (χ0) is 64.3. The number of anilines is 1. The van der Waals surface area contributed by atoms with Gasteiger partial charge in [-0.05, 0) is 127 Å². The van der Waals surface area contributed by atoms with Gasteiger partial charge < -0.3 is 58.4 Å². The van der Waals surface area contributed by atoms with Gasteiger partial charge in [0.05, 0.1) is 48.5 Å². The number of nitrogens with zero attached hydrogens (tertiary/aromatic N) is 8. The van der Waals surface area contributed by atoms with Crippen LogP contribution in [0, 0.1) is 25.7 Å². The molecule has 2 fully saturated rings.